The van der Waals surface area contributed by atoms with E-state index in [0.29, 0.717) is 40.1 Å². The van der Waals surface area contributed by atoms with Crippen LogP contribution in [0.3, 0.4) is 0 Å². The zero-order valence-electron chi connectivity index (χ0n) is 47.2. The molecule has 81 heavy (non-hydrogen) atoms. The molecule has 0 unspecified atom stereocenters. The Kier molecular flexibility index (Phi) is 21.8. The molecule has 6 amide bonds. The molecule has 1 aromatic heterocycles. The maximum atomic E-state index is 14.4. The number of rotatable bonds is 20. The number of aliphatic hydroxyl groups is 1. The summed E-state index contributed by atoms with van der Waals surface area (Å²) in [7, 11) is 8.70. The predicted octanol–water partition coefficient (Wildman–Crippen LogP) is 5.55. The van der Waals surface area contributed by atoms with Crippen molar-refractivity contribution in [2.45, 2.75) is 153 Å². The number of benzene rings is 1. The van der Waals surface area contributed by atoms with Crippen LogP contribution >= 0.6 is 33.2 Å². The lowest BCUT2D eigenvalue weighted by Gasteiger charge is -2.42. The highest BCUT2D eigenvalue weighted by molar-refractivity contribution is 8.77. The number of hydrazone groups is 1. The molecule has 0 saturated carbocycles. The van der Waals surface area contributed by atoms with Gasteiger partial charge in [0, 0.05) is 69.7 Å². The second-order valence-corrected chi connectivity index (χ2v) is 24.5. The Bertz CT molecular complexity index is 2790. The Hall–Kier alpha value is -6.32. The normalized spacial score (nSPS) is 25.8. The molecule has 4 aliphatic rings. The number of fused-ring (bicyclic) bond motifs is 5. The first-order chi connectivity index (χ1) is 38.2. The van der Waals surface area contributed by atoms with Crippen molar-refractivity contribution in [2.24, 2.45) is 11.0 Å². The van der Waals surface area contributed by atoms with Crippen LogP contribution in [0.2, 0.25) is 5.02 Å². The smallest absolute Gasteiger partial charge is 0.409 e. The summed E-state index contributed by atoms with van der Waals surface area (Å²) in [5, 5.41) is 19.2. The zero-order valence-corrected chi connectivity index (χ0v) is 49.6. The van der Waals surface area contributed by atoms with Gasteiger partial charge in [0.1, 0.15) is 46.4 Å². The van der Waals surface area contributed by atoms with Crippen LogP contribution in [0.25, 0.3) is 0 Å². The Morgan fingerprint density at radius 3 is 2.47 bits per heavy atom. The molecule has 3 saturated heterocycles. The van der Waals surface area contributed by atoms with Crippen LogP contribution in [-0.2, 0) is 63.8 Å². The fourth-order valence-corrected chi connectivity index (χ4v) is 12.0. The van der Waals surface area contributed by atoms with Gasteiger partial charge in [-0.2, -0.15) is 5.10 Å². The molecule has 3 fully saturated rings. The number of nitrogens with zero attached hydrogens (tertiary/aromatic N) is 6. The van der Waals surface area contributed by atoms with Gasteiger partial charge in [0.05, 0.1) is 56.5 Å². The minimum absolute atomic E-state index is 0.00437. The monoisotopic (exact) mass is 1190 g/mol. The molecular formula is C54H71ClN8O16S2. The molecule has 4 aliphatic heterocycles. The highest BCUT2D eigenvalue weighted by Gasteiger charge is 2.64. The SMILES string of the molecule is COc1cc2cc(c1Cl)N(C)C(=O)C[C@H](OC(=O)[C@H](C)N(C)C(=O)CCSSC(C)(C)CC(=O)N/N=C(/C)c1cnc(OCCCC(=O)ON3C(=O)CCC3=O)cn1)[C@]1(C)O[C@H]1[C@H](C)[C@@H]1C[C@@](O)(NC(=O)O1)[C@H](OC)/C=C/C=C(\C)C2. The summed E-state index contributed by atoms with van der Waals surface area (Å²) < 4.78 is 34.4. The Balaban J connectivity index is 1.02. The number of halogens is 1. The third-order valence-electron chi connectivity index (χ3n) is 14.1. The number of methoxy groups -OCH3 is 2. The Morgan fingerprint density at radius 2 is 1.80 bits per heavy atom. The van der Waals surface area contributed by atoms with E-state index in [2.05, 4.69) is 25.8 Å². The van der Waals surface area contributed by atoms with Crippen molar-refractivity contribution in [2.75, 3.05) is 45.6 Å². The predicted molar refractivity (Wildman–Crippen MR) is 299 cm³/mol. The second kappa shape index (κ2) is 27.6. The van der Waals surface area contributed by atoms with Crippen molar-refractivity contribution in [3.8, 4) is 11.6 Å². The fraction of sp³-hybridized carbons (Fsp3) is 0.574. The molecule has 0 spiro atoms. The molecular weight excluding hydrogens is 1120 g/mol. The summed E-state index contributed by atoms with van der Waals surface area (Å²) in [5.74, 6) is -3.62. The fourth-order valence-electron chi connectivity index (χ4n) is 9.16. The van der Waals surface area contributed by atoms with Crippen molar-refractivity contribution in [3.05, 3.63) is 64.6 Å². The van der Waals surface area contributed by atoms with Gasteiger partial charge in [0.15, 0.2) is 5.72 Å². The number of carbonyl (C=O) groups excluding carboxylic acids is 8. The van der Waals surface area contributed by atoms with Gasteiger partial charge in [0.2, 0.25) is 23.6 Å². The van der Waals surface area contributed by atoms with Crippen LogP contribution in [0.15, 0.2) is 53.4 Å². The molecule has 0 aliphatic carbocycles. The summed E-state index contributed by atoms with van der Waals surface area (Å²) >= 11 is 6.83. The zero-order chi connectivity index (χ0) is 59.6. The number of hydroxylamine groups is 2. The van der Waals surface area contributed by atoms with Crippen LogP contribution < -0.4 is 25.1 Å². The quantitative estimate of drug-likeness (QED) is 0.0278. The van der Waals surface area contributed by atoms with Gasteiger partial charge >= 0.3 is 18.0 Å². The Morgan fingerprint density at radius 1 is 1.09 bits per heavy atom. The van der Waals surface area contributed by atoms with E-state index in [-0.39, 0.29) is 80.7 Å². The van der Waals surface area contributed by atoms with Gasteiger partial charge in [-0.05, 0) is 72.1 Å². The maximum Gasteiger partial charge on any atom is 0.409 e. The topological polar surface area (TPSA) is 297 Å². The van der Waals surface area contributed by atoms with Gasteiger partial charge in [-0.25, -0.2) is 29.8 Å². The van der Waals surface area contributed by atoms with Crippen molar-refractivity contribution >= 4 is 92.2 Å². The van der Waals surface area contributed by atoms with Gasteiger partial charge < -0.3 is 48.2 Å². The van der Waals surface area contributed by atoms with E-state index in [0.717, 1.165) is 11.1 Å². The lowest BCUT2D eigenvalue weighted by molar-refractivity contribution is -0.197. The standard InChI is InChI=1S/C54H71ClN8O16S2/c1-30-14-12-15-39(74-11)54(72)26-38(76-51(71)58-54)31(2)49-53(7,78-49)40(25-46(68)62(9)36-23-34(22-30)24-37(73-10)48(36)55)77-50(70)33(4)61(8)43(65)19-21-80-81-52(5,6)27-41(64)60-59-32(3)35-28-57-42(29-56-35)75-20-13-16-47(69)79-63-44(66)17-18-45(63)67/h12,14-15,23-24,28-29,31,33,38-40,49,72H,13,16-22,25-27H2,1-11H3,(H,58,71)(H,60,64)/b15-12+,30-14+,59-32-/t31-,33+,38+,39-,40+,49+,53+,54+/m1/s1. The molecule has 24 nitrogen and oxygen atoms in total. The number of imide groups is 1. The number of aromatic nitrogens is 2. The first-order valence-electron chi connectivity index (χ1n) is 26.2. The average Bonchev–Trinajstić information content (AvgIpc) is 4.01. The molecule has 4 bridgehead atoms. The molecule has 8 atom stereocenters. The van der Waals surface area contributed by atoms with Gasteiger partial charge in [-0.3, -0.25) is 29.3 Å². The number of amides is 6. The first-order valence-corrected chi connectivity index (χ1v) is 28.9. The highest BCUT2D eigenvalue weighted by Crippen LogP contribution is 2.49. The molecule has 3 N–H and O–H groups in total. The summed E-state index contributed by atoms with van der Waals surface area (Å²) in [4.78, 5) is 119. The molecule has 27 heteroatoms. The lowest BCUT2D eigenvalue weighted by Crippen LogP contribution is -2.63. The number of esters is 1. The van der Waals surface area contributed by atoms with Crippen LogP contribution in [0.1, 0.15) is 111 Å². The van der Waals surface area contributed by atoms with E-state index in [1.165, 1.54) is 72.0 Å². The van der Waals surface area contributed by atoms with E-state index in [1.54, 1.807) is 52.1 Å². The van der Waals surface area contributed by atoms with Crippen molar-refractivity contribution < 1.29 is 76.7 Å². The van der Waals surface area contributed by atoms with E-state index in [4.69, 9.17) is 44.9 Å². The third-order valence-corrected chi connectivity index (χ3v) is 17.8. The number of ether oxygens (including phenoxy) is 6. The van der Waals surface area contributed by atoms with Crippen molar-refractivity contribution in [1.29, 1.82) is 0 Å². The number of hydrogen-bond donors (Lipinski definition) is 3. The minimum Gasteiger partial charge on any atom is -0.495 e. The molecule has 442 valence electrons. The van der Waals surface area contributed by atoms with Gasteiger partial charge in [0.25, 0.3) is 11.8 Å². The largest absolute Gasteiger partial charge is 0.495 e. The van der Waals surface area contributed by atoms with Gasteiger partial charge in [-0.15, -0.1) is 5.06 Å². The number of carbonyl (C=O) groups is 8. The van der Waals surface area contributed by atoms with Crippen LogP contribution in [0, 0.1) is 5.92 Å². The number of alkyl carbamates (subject to hydrolysis) is 1. The summed E-state index contributed by atoms with van der Waals surface area (Å²) in [6.45, 7) is 12.4. The number of epoxide rings is 1. The summed E-state index contributed by atoms with van der Waals surface area (Å²) in [5.41, 5.74) is 2.11. The number of nitrogens with one attached hydrogen (secondary N) is 2. The summed E-state index contributed by atoms with van der Waals surface area (Å²) in [6.07, 6.45) is 3.43. The number of likely N-dealkylation sites (N-methyl/N-ethyl adjacent to an activating group) is 1. The van der Waals surface area contributed by atoms with E-state index < -0.39 is 88.2 Å². The molecule has 6 rings (SSSR count). The maximum absolute atomic E-state index is 14.4. The van der Waals surface area contributed by atoms with E-state index in [1.807, 2.05) is 26.8 Å². The first kappa shape index (κ1) is 63.9. The van der Waals surface area contributed by atoms with E-state index >= 15 is 0 Å². The second-order valence-electron chi connectivity index (χ2n) is 21.0. The van der Waals surface area contributed by atoms with Crippen LogP contribution in [-0.4, -0.2) is 166 Å². The lowest BCUT2D eigenvalue weighted by atomic mass is 9.83. The number of allylic oxidation sites excluding steroid dienone is 3. The third kappa shape index (κ3) is 16.7. The van der Waals surface area contributed by atoms with Crippen LogP contribution in [0.4, 0.5) is 10.5 Å². The molecule has 5 heterocycles. The summed E-state index contributed by atoms with van der Waals surface area (Å²) in [6, 6.07) is 2.43. The average molecular weight is 1190 g/mol. The number of hydrogen-bond acceptors (Lipinski definition) is 21. The molecule has 2 aromatic rings. The van der Waals surface area contributed by atoms with Crippen molar-refractivity contribution in [3.63, 3.8) is 0 Å². The molecule has 0 radical (unpaired) electrons. The van der Waals surface area contributed by atoms with Gasteiger partial charge in [-0.1, -0.05) is 63.9 Å². The van der Waals surface area contributed by atoms with Crippen molar-refractivity contribution in [1.82, 2.24) is 30.7 Å². The minimum atomic E-state index is -1.88. The highest BCUT2D eigenvalue weighted by atomic mass is 35.5. The number of anilines is 1. The molecule has 1 aromatic carbocycles. The Labute approximate surface area is 483 Å². The van der Waals surface area contributed by atoms with Crippen LogP contribution in [0.5, 0.6) is 11.6 Å². The van der Waals surface area contributed by atoms with E-state index in [9.17, 15) is 43.5 Å².